The van der Waals surface area contributed by atoms with Gasteiger partial charge in [0.2, 0.25) is 0 Å². The van der Waals surface area contributed by atoms with Crippen molar-refractivity contribution < 1.29 is 9.59 Å². The van der Waals surface area contributed by atoms with Gasteiger partial charge in [0.25, 0.3) is 11.8 Å². The van der Waals surface area contributed by atoms with E-state index in [1.165, 1.54) is 0 Å². The lowest BCUT2D eigenvalue weighted by molar-refractivity contribution is 0.0945. The van der Waals surface area contributed by atoms with Gasteiger partial charge < -0.3 is 10.6 Å². The summed E-state index contributed by atoms with van der Waals surface area (Å²) in [6.07, 6.45) is 1.67. The molecule has 6 nitrogen and oxygen atoms in total. The van der Waals surface area contributed by atoms with Crippen molar-refractivity contribution in [2.45, 2.75) is 27.3 Å². The van der Waals surface area contributed by atoms with Crippen LogP contribution in [0.15, 0.2) is 54.7 Å². The molecule has 0 spiro atoms. The molecule has 0 fully saturated rings. The monoisotopic (exact) mass is 374 g/mol. The van der Waals surface area contributed by atoms with Gasteiger partial charge in [-0.15, -0.1) is 0 Å². The van der Waals surface area contributed by atoms with Crippen LogP contribution in [0.5, 0.6) is 0 Å². The number of benzene rings is 1. The standard InChI is InChI=1S/C22H22N4O2/c1-14-11-15(2)20(16(3)12-14)26-22(28)19-9-6-8-18(25-19)21(27)24-13-17-7-4-5-10-23-17/h4-12H,13H2,1-3H3,(H,24,27)(H,26,28). The third-order valence-corrected chi connectivity index (χ3v) is 4.29. The van der Waals surface area contributed by atoms with E-state index >= 15 is 0 Å². The number of amides is 2. The minimum absolute atomic E-state index is 0.181. The molecule has 0 aliphatic rings. The summed E-state index contributed by atoms with van der Waals surface area (Å²) in [5.74, 6) is -0.711. The van der Waals surface area contributed by atoms with Gasteiger partial charge in [-0.05, 0) is 56.2 Å². The molecule has 0 bridgehead atoms. The summed E-state index contributed by atoms with van der Waals surface area (Å²) < 4.78 is 0. The second-order valence-electron chi connectivity index (χ2n) is 6.64. The molecule has 0 radical (unpaired) electrons. The molecule has 3 aromatic rings. The van der Waals surface area contributed by atoms with E-state index in [0.717, 1.165) is 28.1 Å². The largest absolute Gasteiger partial charge is 0.345 e. The number of aryl methyl sites for hydroxylation is 3. The summed E-state index contributed by atoms with van der Waals surface area (Å²) in [5, 5.41) is 5.66. The van der Waals surface area contributed by atoms with Crippen LogP contribution in [-0.2, 0) is 6.54 Å². The van der Waals surface area contributed by atoms with Crippen LogP contribution in [0.1, 0.15) is 43.4 Å². The number of carbonyl (C=O) groups excluding carboxylic acids is 2. The maximum atomic E-state index is 12.6. The Hall–Kier alpha value is -3.54. The molecule has 142 valence electrons. The Morgan fingerprint density at radius 1 is 0.893 bits per heavy atom. The van der Waals surface area contributed by atoms with Crippen LogP contribution in [0.3, 0.4) is 0 Å². The Bertz CT molecular complexity index is 993. The molecular weight excluding hydrogens is 352 g/mol. The molecule has 0 saturated heterocycles. The lowest BCUT2D eigenvalue weighted by Gasteiger charge is -2.13. The normalized spacial score (nSPS) is 10.4. The molecule has 1 aromatic carbocycles. The predicted octanol–water partition coefficient (Wildman–Crippen LogP) is 3.58. The van der Waals surface area contributed by atoms with E-state index in [9.17, 15) is 9.59 Å². The van der Waals surface area contributed by atoms with Gasteiger partial charge in [0.05, 0.1) is 12.2 Å². The van der Waals surface area contributed by atoms with E-state index in [4.69, 9.17) is 0 Å². The Labute approximate surface area is 164 Å². The number of nitrogens with one attached hydrogen (secondary N) is 2. The van der Waals surface area contributed by atoms with Crippen molar-refractivity contribution in [3.63, 3.8) is 0 Å². The SMILES string of the molecule is Cc1cc(C)c(NC(=O)c2cccc(C(=O)NCc3ccccn3)n2)c(C)c1. The first-order valence-corrected chi connectivity index (χ1v) is 8.98. The minimum atomic E-state index is -0.358. The lowest BCUT2D eigenvalue weighted by atomic mass is 10.0. The van der Waals surface area contributed by atoms with Crippen molar-refractivity contribution >= 4 is 17.5 Å². The van der Waals surface area contributed by atoms with Crippen molar-refractivity contribution in [1.82, 2.24) is 15.3 Å². The van der Waals surface area contributed by atoms with E-state index in [-0.39, 0.29) is 23.2 Å². The summed E-state index contributed by atoms with van der Waals surface area (Å²) in [4.78, 5) is 33.4. The smallest absolute Gasteiger partial charge is 0.274 e. The Morgan fingerprint density at radius 2 is 1.57 bits per heavy atom. The second-order valence-corrected chi connectivity index (χ2v) is 6.64. The van der Waals surface area contributed by atoms with Crippen molar-refractivity contribution in [1.29, 1.82) is 0 Å². The summed E-state index contributed by atoms with van der Waals surface area (Å²) in [7, 11) is 0. The average Bonchev–Trinajstić information content (AvgIpc) is 2.69. The van der Waals surface area contributed by atoms with Crippen molar-refractivity contribution in [3.05, 3.63) is 88.5 Å². The Kier molecular flexibility index (Phi) is 5.79. The van der Waals surface area contributed by atoms with Gasteiger partial charge in [0.15, 0.2) is 0 Å². The maximum Gasteiger partial charge on any atom is 0.274 e. The molecule has 0 aliphatic heterocycles. The van der Waals surface area contributed by atoms with E-state index < -0.39 is 0 Å². The van der Waals surface area contributed by atoms with Gasteiger partial charge in [0.1, 0.15) is 11.4 Å². The first-order chi connectivity index (χ1) is 13.4. The fourth-order valence-corrected chi connectivity index (χ4v) is 3.01. The fourth-order valence-electron chi connectivity index (χ4n) is 3.01. The van der Waals surface area contributed by atoms with Crippen LogP contribution < -0.4 is 10.6 Å². The van der Waals surface area contributed by atoms with Crippen LogP contribution >= 0.6 is 0 Å². The summed E-state index contributed by atoms with van der Waals surface area (Å²) >= 11 is 0. The van der Waals surface area contributed by atoms with Crippen molar-refractivity contribution in [3.8, 4) is 0 Å². The number of hydrogen-bond donors (Lipinski definition) is 2. The van der Waals surface area contributed by atoms with Crippen molar-refractivity contribution in [2.24, 2.45) is 0 Å². The molecule has 0 saturated carbocycles. The molecule has 6 heteroatoms. The highest BCUT2D eigenvalue weighted by Crippen LogP contribution is 2.22. The fraction of sp³-hybridized carbons (Fsp3) is 0.182. The summed E-state index contributed by atoms with van der Waals surface area (Å²) in [6, 6.07) is 14.3. The van der Waals surface area contributed by atoms with E-state index in [0.29, 0.717) is 6.54 Å². The average molecular weight is 374 g/mol. The second kappa shape index (κ2) is 8.43. The molecule has 2 amide bonds. The first kappa shape index (κ1) is 19.2. The quantitative estimate of drug-likeness (QED) is 0.715. The molecule has 2 N–H and O–H groups in total. The summed E-state index contributed by atoms with van der Waals surface area (Å²) in [5.41, 5.74) is 4.98. The van der Waals surface area contributed by atoms with Crippen LogP contribution in [0.25, 0.3) is 0 Å². The molecule has 2 heterocycles. The number of aromatic nitrogens is 2. The highest BCUT2D eigenvalue weighted by atomic mass is 16.2. The number of pyridine rings is 2. The van der Waals surface area contributed by atoms with Crippen LogP contribution in [0.2, 0.25) is 0 Å². The lowest BCUT2D eigenvalue weighted by Crippen LogP contribution is -2.25. The molecule has 28 heavy (non-hydrogen) atoms. The molecular formula is C22H22N4O2. The van der Waals surface area contributed by atoms with E-state index in [2.05, 4.69) is 20.6 Å². The zero-order chi connectivity index (χ0) is 20.1. The van der Waals surface area contributed by atoms with Gasteiger partial charge in [-0.3, -0.25) is 14.6 Å². The third-order valence-electron chi connectivity index (χ3n) is 4.29. The van der Waals surface area contributed by atoms with Crippen LogP contribution in [-0.4, -0.2) is 21.8 Å². The number of carbonyl (C=O) groups is 2. The van der Waals surface area contributed by atoms with Gasteiger partial charge in [-0.2, -0.15) is 0 Å². The topological polar surface area (TPSA) is 84.0 Å². The number of nitrogens with zero attached hydrogens (tertiary/aromatic N) is 2. The predicted molar refractivity (Wildman–Crippen MR) is 108 cm³/mol. The van der Waals surface area contributed by atoms with Gasteiger partial charge in [0, 0.05) is 11.9 Å². The number of anilines is 1. The summed E-state index contributed by atoms with van der Waals surface area (Å²) in [6.45, 7) is 6.20. The zero-order valence-electron chi connectivity index (χ0n) is 16.1. The van der Waals surface area contributed by atoms with Crippen molar-refractivity contribution in [2.75, 3.05) is 5.32 Å². The zero-order valence-corrected chi connectivity index (χ0v) is 16.1. The highest BCUT2D eigenvalue weighted by Gasteiger charge is 2.14. The molecule has 0 unspecified atom stereocenters. The highest BCUT2D eigenvalue weighted by molar-refractivity contribution is 6.04. The van der Waals surface area contributed by atoms with E-state index in [1.807, 2.05) is 51.1 Å². The molecule has 0 aliphatic carbocycles. The number of rotatable bonds is 5. The maximum absolute atomic E-state index is 12.6. The van der Waals surface area contributed by atoms with E-state index in [1.54, 1.807) is 24.4 Å². The Morgan fingerprint density at radius 3 is 2.21 bits per heavy atom. The van der Waals surface area contributed by atoms with Gasteiger partial charge >= 0.3 is 0 Å². The third kappa shape index (κ3) is 4.59. The first-order valence-electron chi connectivity index (χ1n) is 8.98. The molecule has 3 rings (SSSR count). The van der Waals surface area contributed by atoms with Gasteiger partial charge in [-0.1, -0.05) is 29.8 Å². The minimum Gasteiger partial charge on any atom is -0.345 e. The van der Waals surface area contributed by atoms with Crippen LogP contribution in [0, 0.1) is 20.8 Å². The van der Waals surface area contributed by atoms with Gasteiger partial charge in [-0.25, -0.2) is 4.98 Å². The number of hydrogen-bond acceptors (Lipinski definition) is 4. The molecule has 0 atom stereocenters. The molecule has 2 aromatic heterocycles. The van der Waals surface area contributed by atoms with Crippen LogP contribution in [0.4, 0.5) is 5.69 Å². The Balaban J connectivity index is 1.72.